The number of nitrogens with two attached hydrogens (primary N) is 1. The summed E-state index contributed by atoms with van der Waals surface area (Å²) in [5.74, 6) is 1.59. The summed E-state index contributed by atoms with van der Waals surface area (Å²) in [5, 5.41) is 3.17. The van der Waals surface area contributed by atoms with Crippen molar-refractivity contribution in [3.05, 3.63) is 30.1 Å². The topological polar surface area (TPSA) is 68.2 Å². The average molecular weight is 287 g/mol. The van der Waals surface area contributed by atoms with E-state index in [1.165, 1.54) is 5.52 Å². The molecule has 0 radical (unpaired) electrons. The fourth-order valence-corrected chi connectivity index (χ4v) is 2.31. The zero-order valence-corrected chi connectivity index (χ0v) is 13.1. The number of imidazole rings is 1. The normalized spacial score (nSPS) is 13.6. The zero-order chi connectivity index (χ0) is 15.2. The smallest absolute Gasteiger partial charge is 0.188 e. The van der Waals surface area contributed by atoms with Crippen molar-refractivity contribution in [2.45, 2.75) is 46.2 Å². The van der Waals surface area contributed by atoms with Crippen molar-refractivity contribution in [1.82, 2.24) is 14.9 Å². The highest BCUT2D eigenvalue weighted by molar-refractivity contribution is 5.78. The first-order valence-corrected chi connectivity index (χ1v) is 7.60. The van der Waals surface area contributed by atoms with Crippen LogP contribution < -0.4 is 11.1 Å². The van der Waals surface area contributed by atoms with Crippen molar-refractivity contribution in [2.75, 3.05) is 6.54 Å². The Labute approximate surface area is 126 Å². The van der Waals surface area contributed by atoms with Gasteiger partial charge in [-0.3, -0.25) is 4.99 Å². The van der Waals surface area contributed by atoms with Crippen molar-refractivity contribution in [1.29, 1.82) is 0 Å². The summed E-state index contributed by atoms with van der Waals surface area (Å²) >= 11 is 0. The van der Waals surface area contributed by atoms with E-state index < -0.39 is 0 Å². The van der Waals surface area contributed by atoms with Crippen LogP contribution in [0.5, 0.6) is 0 Å². The van der Waals surface area contributed by atoms with E-state index in [2.05, 4.69) is 39.8 Å². The number of aryl methyl sites for hydroxylation is 2. The van der Waals surface area contributed by atoms with Crippen LogP contribution >= 0.6 is 0 Å². The molecule has 5 heteroatoms. The van der Waals surface area contributed by atoms with Gasteiger partial charge in [0.15, 0.2) is 5.96 Å². The largest absolute Gasteiger partial charge is 0.370 e. The second kappa shape index (κ2) is 7.11. The van der Waals surface area contributed by atoms with Crippen LogP contribution in [0.2, 0.25) is 0 Å². The maximum absolute atomic E-state index is 5.85. The van der Waals surface area contributed by atoms with E-state index in [1.54, 1.807) is 0 Å². The molecule has 0 saturated heterocycles. The first-order chi connectivity index (χ1) is 10.1. The molecule has 0 fully saturated rings. The average Bonchev–Trinajstić information content (AvgIpc) is 2.79. The van der Waals surface area contributed by atoms with Gasteiger partial charge in [0, 0.05) is 19.1 Å². The lowest BCUT2D eigenvalue weighted by atomic mass is 10.3. The van der Waals surface area contributed by atoms with Gasteiger partial charge in [-0.05, 0) is 38.8 Å². The summed E-state index contributed by atoms with van der Waals surface area (Å²) in [6.45, 7) is 7.90. The molecule has 2 rings (SSSR count). The number of rotatable bonds is 6. The van der Waals surface area contributed by atoms with Crippen LogP contribution in [0.3, 0.4) is 0 Å². The van der Waals surface area contributed by atoms with E-state index in [-0.39, 0.29) is 0 Å². The third-order valence-corrected chi connectivity index (χ3v) is 3.67. The summed E-state index contributed by atoms with van der Waals surface area (Å²) in [6, 6.07) is 8.59. The Balaban J connectivity index is 1.91. The van der Waals surface area contributed by atoms with E-state index in [4.69, 9.17) is 5.73 Å². The van der Waals surface area contributed by atoms with E-state index in [0.717, 1.165) is 37.3 Å². The Morgan fingerprint density at radius 1 is 1.43 bits per heavy atom. The van der Waals surface area contributed by atoms with Crippen molar-refractivity contribution >= 4 is 17.0 Å². The number of hydrogen-bond donors (Lipinski definition) is 2. The number of fused-ring (bicyclic) bond motifs is 1. The molecule has 0 aliphatic carbocycles. The van der Waals surface area contributed by atoms with Crippen LogP contribution in [0, 0.1) is 6.92 Å². The highest BCUT2D eigenvalue weighted by Gasteiger charge is 2.05. The van der Waals surface area contributed by atoms with Crippen LogP contribution in [-0.2, 0) is 6.54 Å². The lowest BCUT2D eigenvalue weighted by Crippen LogP contribution is -2.38. The Kier molecular flexibility index (Phi) is 5.20. The molecule has 5 nitrogen and oxygen atoms in total. The highest BCUT2D eigenvalue weighted by Crippen LogP contribution is 2.15. The lowest BCUT2D eigenvalue weighted by molar-refractivity contribution is 0.626. The maximum Gasteiger partial charge on any atom is 0.188 e. The van der Waals surface area contributed by atoms with Crippen molar-refractivity contribution in [3.8, 4) is 0 Å². The molecule has 1 unspecified atom stereocenters. The summed E-state index contributed by atoms with van der Waals surface area (Å²) in [5.41, 5.74) is 8.09. The Hall–Kier alpha value is -2.04. The monoisotopic (exact) mass is 287 g/mol. The minimum Gasteiger partial charge on any atom is -0.370 e. The molecular formula is C16H25N5. The third-order valence-electron chi connectivity index (χ3n) is 3.67. The molecule has 0 aliphatic heterocycles. The van der Waals surface area contributed by atoms with Crippen LogP contribution in [-0.4, -0.2) is 28.1 Å². The van der Waals surface area contributed by atoms with E-state index in [0.29, 0.717) is 12.0 Å². The molecule has 1 atom stereocenters. The molecule has 0 bridgehead atoms. The predicted octanol–water partition coefficient (Wildman–Crippen LogP) is 2.44. The molecule has 1 aromatic carbocycles. The summed E-state index contributed by atoms with van der Waals surface area (Å²) < 4.78 is 2.24. The Morgan fingerprint density at radius 2 is 2.19 bits per heavy atom. The standard InChI is InChI=1S/C16H25N5/c1-4-12(2)19-16(17)18-10-7-11-21-13(3)20-14-8-5-6-9-15(14)21/h5-6,8-9,12H,4,7,10-11H2,1-3H3,(H3,17,18,19). The van der Waals surface area contributed by atoms with Crippen LogP contribution in [0.15, 0.2) is 29.3 Å². The summed E-state index contributed by atoms with van der Waals surface area (Å²) in [6.07, 6.45) is 1.99. The fraction of sp³-hybridized carbons (Fsp3) is 0.500. The molecule has 0 saturated carbocycles. The number of hydrogen-bond acceptors (Lipinski definition) is 2. The molecule has 2 aromatic rings. The molecule has 3 N–H and O–H groups in total. The lowest BCUT2D eigenvalue weighted by Gasteiger charge is -2.11. The second-order valence-corrected chi connectivity index (χ2v) is 5.37. The van der Waals surface area contributed by atoms with E-state index in [1.807, 2.05) is 25.1 Å². The number of nitrogens with one attached hydrogen (secondary N) is 1. The van der Waals surface area contributed by atoms with Gasteiger partial charge in [-0.25, -0.2) is 4.98 Å². The highest BCUT2D eigenvalue weighted by atomic mass is 15.1. The van der Waals surface area contributed by atoms with Gasteiger partial charge in [0.1, 0.15) is 5.82 Å². The quantitative estimate of drug-likeness (QED) is 0.487. The minimum atomic E-state index is 0.369. The summed E-state index contributed by atoms with van der Waals surface area (Å²) in [4.78, 5) is 8.94. The van der Waals surface area contributed by atoms with Gasteiger partial charge in [-0.2, -0.15) is 0 Å². The van der Waals surface area contributed by atoms with Crippen molar-refractivity contribution in [2.24, 2.45) is 10.7 Å². The van der Waals surface area contributed by atoms with Crippen molar-refractivity contribution < 1.29 is 0 Å². The van der Waals surface area contributed by atoms with Crippen molar-refractivity contribution in [3.63, 3.8) is 0 Å². The first kappa shape index (κ1) is 15.4. The van der Waals surface area contributed by atoms with Crippen LogP contribution in [0.4, 0.5) is 0 Å². The molecule has 114 valence electrons. The third kappa shape index (κ3) is 3.97. The summed E-state index contributed by atoms with van der Waals surface area (Å²) in [7, 11) is 0. The first-order valence-electron chi connectivity index (χ1n) is 7.60. The number of guanidine groups is 1. The van der Waals surface area contributed by atoms with Gasteiger partial charge in [0.05, 0.1) is 11.0 Å². The molecule has 1 heterocycles. The number of aromatic nitrogens is 2. The number of aliphatic imine (C=N–C) groups is 1. The molecule has 0 amide bonds. The molecule has 1 aromatic heterocycles. The minimum absolute atomic E-state index is 0.369. The predicted molar refractivity (Wildman–Crippen MR) is 88.5 cm³/mol. The maximum atomic E-state index is 5.85. The molecular weight excluding hydrogens is 262 g/mol. The molecule has 0 spiro atoms. The van der Waals surface area contributed by atoms with Crippen LogP contribution in [0.25, 0.3) is 11.0 Å². The second-order valence-electron chi connectivity index (χ2n) is 5.37. The van der Waals surface area contributed by atoms with Gasteiger partial charge in [0.2, 0.25) is 0 Å². The molecule has 0 aliphatic rings. The number of nitrogens with zero attached hydrogens (tertiary/aromatic N) is 3. The Bertz CT molecular complexity index is 614. The van der Waals surface area contributed by atoms with E-state index in [9.17, 15) is 0 Å². The SMILES string of the molecule is CCC(C)NC(N)=NCCCn1c(C)nc2ccccc21. The van der Waals surface area contributed by atoms with Gasteiger partial charge < -0.3 is 15.6 Å². The van der Waals surface area contributed by atoms with E-state index >= 15 is 0 Å². The zero-order valence-electron chi connectivity index (χ0n) is 13.1. The Morgan fingerprint density at radius 3 is 2.95 bits per heavy atom. The van der Waals surface area contributed by atoms with Gasteiger partial charge in [0.25, 0.3) is 0 Å². The van der Waals surface area contributed by atoms with Gasteiger partial charge in [-0.1, -0.05) is 19.1 Å². The van der Waals surface area contributed by atoms with Gasteiger partial charge in [-0.15, -0.1) is 0 Å². The number of benzene rings is 1. The fourth-order valence-electron chi connectivity index (χ4n) is 2.31. The van der Waals surface area contributed by atoms with Crippen LogP contribution in [0.1, 0.15) is 32.5 Å². The van der Waals surface area contributed by atoms with Gasteiger partial charge >= 0.3 is 0 Å². The number of para-hydroxylation sites is 2. The molecule has 21 heavy (non-hydrogen) atoms.